The lowest BCUT2D eigenvalue weighted by atomic mass is 10.2. The lowest BCUT2D eigenvalue weighted by Gasteiger charge is -2.09. The molecule has 0 fully saturated rings. The number of anilines is 3. The average Bonchev–Trinajstić information content (AvgIpc) is 2.81. The number of pyridine rings is 1. The molecule has 2 aromatic heterocycles. The molecule has 0 aliphatic rings. The summed E-state index contributed by atoms with van der Waals surface area (Å²) in [5, 5.41) is 6.04. The first-order valence-corrected chi connectivity index (χ1v) is 9.27. The monoisotopic (exact) mass is 397 g/mol. The molecule has 4 aromatic rings. The number of carbonyl (C=O) groups is 1. The zero-order valence-corrected chi connectivity index (χ0v) is 16.2. The third kappa shape index (κ3) is 4.59. The van der Waals surface area contributed by atoms with E-state index in [9.17, 15) is 4.79 Å². The third-order valence-corrected chi connectivity index (χ3v) is 4.36. The number of hydrogen-bond acceptors (Lipinski definition) is 6. The van der Waals surface area contributed by atoms with E-state index in [0.29, 0.717) is 22.9 Å². The number of benzene rings is 2. The molecule has 1 amide bonds. The van der Waals surface area contributed by atoms with E-state index in [4.69, 9.17) is 4.74 Å². The van der Waals surface area contributed by atoms with Gasteiger partial charge in [0.15, 0.2) is 0 Å². The second-order valence-corrected chi connectivity index (χ2v) is 6.39. The quantitative estimate of drug-likeness (QED) is 0.496. The Kier molecular flexibility index (Phi) is 5.61. The third-order valence-electron chi connectivity index (χ3n) is 4.36. The maximum Gasteiger partial charge on any atom is 0.255 e. The molecule has 0 aliphatic carbocycles. The molecule has 0 bridgehead atoms. The normalized spacial score (nSPS) is 10.3. The standard InChI is InChI=1S/C23H19N5O2/c1-30-20-10-4-16(5-11-20)22(29)26-18-6-8-19(9-7-18)27-23-25-14-12-21(28-23)17-3-2-13-24-15-17/h2-15H,1H3,(H,26,29)(H,25,27,28). The van der Waals surface area contributed by atoms with Crippen molar-refractivity contribution in [1.29, 1.82) is 0 Å². The molecular formula is C23H19N5O2. The number of amides is 1. The van der Waals surface area contributed by atoms with Crippen LogP contribution < -0.4 is 15.4 Å². The summed E-state index contributed by atoms with van der Waals surface area (Å²) in [6.45, 7) is 0. The van der Waals surface area contributed by atoms with Crippen molar-refractivity contribution in [2.45, 2.75) is 0 Å². The van der Waals surface area contributed by atoms with Crippen molar-refractivity contribution >= 4 is 23.2 Å². The van der Waals surface area contributed by atoms with Gasteiger partial charge in [0.25, 0.3) is 5.91 Å². The summed E-state index contributed by atoms with van der Waals surface area (Å²) in [5.74, 6) is 0.994. The van der Waals surface area contributed by atoms with Crippen molar-refractivity contribution < 1.29 is 9.53 Å². The van der Waals surface area contributed by atoms with E-state index in [1.165, 1.54) is 0 Å². The molecule has 7 heteroatoms. The molecule has 0 saturated carbocycles. The van der Waals surface area contributed by atoms with Crippen LogP contribution >= 0.6 is 0 Å². The lowest BCUT2D eigenvalue weighted by Crippen LogP contribution is -2.11. The molecule has 0 unspecified atom stereocenters. The predicted molar refractivity (Wildman–Crippen MR) is 116 cm³/mol. The first-order chi connectivity index (χ1) is 14.7. The highest BCUT2D eigenvalue weighted by molar-refractivity contribution is 6.04. The topological polar surface area (TPSA) is 89.0 Å². The van der Waals surface area contributed by atoms with Crippen molar-refractivity contribution in [3.8, 4) is 17.0 Å². The van der Waals surface area contributed by atoms with Gasteiger partial charge < -0.3 is 15.4 Å². The number of hydrogen-bond donors (Lipinski definition) is 2. The van der Waals surface area contributed by atoms with Crippen LogP contribution in [0.3, 0.4) is 0 Å². The molecular weight excluding hydrogens is 378 g/mol. The molecule has 148 valence electrons. The van der Waals surface area contributed by atoms with E-state index in [1.807, 2.05) is 42.5 Å². The summed E-state index contributed by atoms with van der Waals surface area (Å²) in [4.78, 5) is 25.3. The van der Waals surface area contributed by atoms with E-state index in [2.05, 4.69) is 25.6 Å². The SMILES string of the molecule is COc1ccc(C(=O)Nc2ccc(Nc3nccc(-c4cccnc4)n3)cc2)cc1. The Morgan fingerprint density at radius 3 is 2.37 bits per heavy atom. The van der Waals surface area contributed by atoms with Crippen LogP contribution in [0, 0.1) is 0 Å². The molecule has 4 rings (SSSR count). The molecule has 2 heterocycles. The zero-order valence-electron chi connectivity index (χ0n) is 16.2. The molecule has 2 aromatic carbocycles. The van der Waals surface area contributed by atoms with Crippen LogP contribution in [-0.4, -0.2) is 28.0 Å². The summed E-state index contributed by atoms with van der Waals surface area (Å²) in [5.41, 5.74) is 3.74. The van der Waals surface area contributed by atoms with Gasteiger partial charge >= 0.3 is 0 Å². The first-order valence-electron chi connectivity index (χ1n) is 9.27. The largest absolute Gasteiger partial charge is 0.497 e. The molecule has 2 N–H and O–H groups in total. The Morgan fingerprint density at radius 2 is 1.67 bits per heavy atom. The maximum atomic E-state index is 12.4. The molecule has 30 heavy (non-hydrogen) atoms. The zero-order chi connectivity index (χ0) is 20.8. The summed E-state index contributed by atoms with van der Waals surface area (Å²) in [6, 6.07) is 19.9. The molecule has 0 atom stereocenters. The smallest absolute Gasteiger partial charge is 0.255 e. The molecule has 0 saturated heterocycles. The van der Waals surface area contributed by atoms with Gasteiger partial charge in [-0.25, -0.2) is 9.97 Å². The number of methoxy groups -OCH3 is 1. The van der Waals surface area contributed by atoms with Gasteiger partial charge in [-0.05, 0) is 66.7 Å². The van der Waals surface area contributed by atoms with Crippen LogP contribution in [0.1, 0.15) is 10.4 Å². The molecule has 0 radical (unpaired) electrons. The summed E-state index contributed by atoms with van der Waals surface area (Å²) in [7, 11) is 1.59. The maximum absolute atomic E-state index is 12.4. The van der Waals surface area contributed by atoms with Gasteiger partial charge in [0, 0.05) is 41.1 Å². The van der Waals surface area contributed by atoms with Gasteiger partial charge in [0.2, 0.25) is 5.95 Å². The number of rotatable bonds is 6. The van der Waals surface area contributed by atoms with Gasteiger partial charge in [0.05, 0.1) is 12.8 Å². The van der Waals surface area contributed by atoms with Gasteiger partial charge in [0.1, 0.15) is 5.75 Å². The Labute approximate surface area is 173 Å². The lowest BCUT2D eigenvalue weighted by molar-refractivity contribution is 0.102. The van der Waals surface area contributed by atoms with E-state index in [-0.39, 0.29) is 5.91 Å². The highest BCUT2D eigenvalue weighted by Gasteiger charge is 2.07. The Balaban J connectivity index is 1.42. The van der Waals surface area contributed by atoms with Crippen LogP contribution in [0.4, 0.5) is 17.3 Å². The first kappa shape index (κ1) is 19.1. The molecule has 0 aliphatic heterocycles. The van der Waals surface area contributed by atoms with E-state index < -0.39 is 0 Å². The second kappa shape index (κ2) is 8.83. The number of aromatic nitrogens is 3. The fourth-order valence-corrected chi connectivity index (χ4v) is 2.81. The number of carbonyl (C=O) groups excluding carboxylic acids is 1. The van der Waals surface area contributed by atoms with Crippen molar-refractivity contribution in [3.63, 3.8) is 0 Å². The van der Waals surface area contributed by atoms with E-state index >= 15 is 0 Å². The highest BCUT2D eigenvalue weighted by Crippen LogP contribution is 2.20. The van der Waals surface area contributed by atoms with E-state index in [0.717, 1.165) is 16.9 Å². The minimum absolute atomic E-state index is 0.189. The highest BCUT2D eigenvalue weighted by atomic mass is 16.5. The van der Waals surface area contributed by atoms with Crippen LogP contribution in [0.5, 0.6) is 5.75 Å². The average molecular weight is 397 g/mol. The fourth-order valence-electron chi connectivity index (χ4n) is 2.81. The summed E-state index contributed by atoms with van der Waals surface area (Å²) >= 11 is 0. The fraction of sp³-hybridized carbons (Fsp3) is 0.0435. The van der Waals surface area contributed by atoms with Gasteiger partial charge in [-0.3, -0.25) is 9.78 Å². The number of nitrogens with one attached hydrogen (secondary N) is 2. The van der Waals surface area contributed by atoms with Crippen LogP contribution in [0.25, 0.3) is 11.3 Å². The number of ether oxygens (including phenoxy) is 1. The Hall–Kier alpha value is -4.26. The van der Waals surface area contributed by atoms with Crippen LogP contribution in [0.2, 0.25) is 0 Å². The Bertz CT molecular complexity index is 1130. The molecule has 7 nitrogen and oxygen atoms in total. The Morgan fingerprint density at radius 1 is 0.900 bits per heavy atom. The summed E-state index contributed by atoms with van der Waals surface area (Å²) < 4.78 is 5.11. The predicted octanol–water partition coefficient (Wildman–Crippen LogP) is 4.54. The second-order valence-electron chi connectivity index (χ2n) is 6.39. The minimum Gasteiger partial charge on any atom is -0.497 e. The van der Waals surface area contributed by atoms with E-state index in [1.54, 1.807) is 50.0 Å². The van der Waals surface area contributed by atoms with Gasteiger partial charge in [-0.1, -0.05) is 0 Å². The summed E-state index contributed by atoms with van der Waals surface area (Å²) in [6.07, 6.45) is 5.17. The van der Waals surface area contributed by atoms with Crippen molar-refractivity contribution in [1.82, 2.24) is 15.0 Å². The van der Waals surface area contributed by atoms with Gasteiger partial charge in [-0.2, -0.15) is 0 Å². The van der Waals surface area contributed by atoms with Gasteiger partial charge in [-0.15, -0.1) is 0 Å². The minimum atomic E-state index is -0.189. The molecule has 0 spiro atoms. The van der Waals surface area contributed by atoms with Crippen LogP contribution in [0.15, 0.2) is 85.3 Å². The van der Waals surface area contributed by atoms with Crippen molar-refractivity contribution in [3.05, 3.63) is 90.9 Å². The van der Waals surface area contributed by atoms with Crippen molar-refractivity contribution in [2.75, 3.05) is 17.7 Å². The number of nitrogens with zero attached hydrogens (tertiary/aromatic N) is 3. The van der Waals surface area contributed by atoms with Crippen LogP contribution in [-0.2, 0) is 0 Å². The van der Waals surface area contributed by atoms with Crippen molar-refractivity contribution in [2.24, 2.45) is 0 Å².